The number of amides is 1. The summed E-state index contributed by atoms with van der Waals surface area (Å²) in [6, 6.07) is 1.69. The standard InChI is InChI=1S/C14H23N5O/c1-19-8-4-11(5-9-19)2-7-17-14(20)12-10-16-6-3-13(12)18-15/h3,6,10-11H,2,4-5,7-9,15H2,1H3,(H,16,18)(H,17,20). The van der Waals surface area contributed by atoms with Crippen LogP contribution in [0.15, 0.2) is 18.5 Å². The summed E-state index contributed by atoms with van der Waals surface area (Å²) in [6.07, 6.45) is 6.60. The molecule has 0 bridgehead atoms. The fourth-order valence-corrected chi connectivity index (χ4v) is 2.54. The molecule has 1 aliphatic heterocycles. The quantitative estimate of drug-likeness (QED) is 0.548. The van der Waals surface area contributed by atoms with Crippen LogP contribution in [0.5, 0.6) is 0 Å². The van der Waals surface area contributed by atoms with Gasteiger partial charge < -0.3 is 15.6 Å². The van der Waals surface area contributed by atoms with Crippen LogP contribution in [0.25, 0.3) is 0 Å². The molecular weight excluding hydrogens is 254 g/mol. The van der Waals surface area contributed by atoms with E-state index in [9.17, 15) is 4.79 Å². The molecule has 2 rings (SSSR count). The summed E-state index contributed by atoms with van der Waals surface area (Å²) in [4.78, 5) is 18.4. The van der Waals surface area contributed by atoms with Gasteiger partial charge in [-0.05, 0) is 51.4 Å². The predicted octanol–water partition coefficient (Wildman–Crippen LogP) is 0.829. The second-order valence-corrected chi connectivity index (χ2v) is 5.36. The van der Waals surface area contributed by atoms with Crippen LogP contribution in [-0.4, -0.2) is 42.5 Å². The van der Waals surface area contributed by atoms with Crippen molar-refractivity contribution in [2.24, 2.45) is 11.8 Å². The molecule has 0 aliphatic carbocycles. The normalized spacial score (nSPS) is 16.9. The summed E-state index contributed by atoms with van der Waals surface area (Å²) < 4.78 is 0. The number of anilines is 1. The zero-order chi connectivity index (χ0) is 14.4. The second kappa shape index (κ2) is 7.21. The van der Waals surface area contributed by atoms with E-state index in [0.29, 0.717) is 23.7 Å². The van der Waals surface area contributed by atoms with E-state index in [2.05, 4.69) is 27.7 Å². The molecule has 20 heavy (non-hydrogen) atoms. The summed E-state index contributed by atoms with van der Waals surface area (Å²) in [5.74, 6) is 5.97. The van der Waals surface area contributed by atoms with E-state index in [4.69, 9.17) is 5.84 Å². The lowest BCUT2D eigenvalue weighted by molar-refractivity contribution is 0.0949. The zero-order valence-corrected chi connectivity index (χ0v) is 11.9. The van der Waals surface area contributed by atoms with Gasteiger partial charge >= 0.3 is 0 Å². The van der Waals surface area contributed by atoms with Crippen molar-refractivity contribution in [2.45, 2.75) is 19.3 Å². The Labute approximate surface area is 119 Å². The third kappa shape index (κ3) is 3.91. The number of aromatic nitrogens is 1. The first-order valence-corrected chi connectivity index (χ1v) is 7.08. The summed E-state index contributed by atoms with van der Waals surface area (Å²) in [7, 11) is 2.15. The number of nitrogens with zero attached hydrogens (tertiary/aromatic N) is 2. The highest BCUT2D eigenvalue weighted by molar-refractivity contribution is 5.99. The van der Waals surface area contributed by atoms with Gasteiger partial charge in [-0.1, -0.05) is 0 Å². The maximum atomic E-state index is 12.1. The molecule has 6 nitrogen and oxygen atoms in total. The molecule has 0 radical (unpaired) electrons. The van der Waals surface area contributed by atoms with Gasteiger partial charge in [0.05, 0.1) is 11.3 Å². The number of rotatable bonds is 5. The van der Waals surface area contributed by atoms with Crippen molar-refractivity contribution < 1.29 is 4.79 Å². The Balaban J connectivity index is 1.78. The maximum Gasteiger partial charge on any atom is 0.255 e. The molecule has 0 saturated carbocycles. The molecule has 1 amide bonds. The highest BCUT2D eigenvalue weighted by Crippen LogP contribution is 2.19. The lowest BCUT2D eigenvalue weighted by Gasteiger charge is -2.28. The van der Waals surface area contributed by atoms with Gasteiger partial charge in [0.25, 0.3) is 5.91 Å². The van der Waals surface area contributed by atoms with Gasteiger partial charge in [-0.2, -0.15) is 0 Å². The highest BCUT2D eigenvalue weighted by atomic mass is 16.1. The Kier molecular flexibility index (Phi) is 5.31. The van der Waals surface area contributed by atoms with Crippen LogP contribution in [0.2, 0.25) is 0 Å². The third-order valence-electron chi connectivity index (χ3n) is 3.90. The van der Waals surface area contributed by atoms with Crippen molar-refractivity contribution in [3.63, 3.8) is 0 Å². The zero-order valence-electron chi connectivity index (χ0n) is 11.9. The molecule has 1 aromatic heterocycles. The van der Waals surface area contributed by atoms with Gasteiger partial charge in [-0.3, -0.25) is 15.6 Å². The Hall–Kier alpha value is -1.66. The van der Waals surface area contributed by atoms with Gasteiger partial charge in [0, 0.05) is 18.9 Å². The molecule has 1 saturated heterocycles. The van der Waals surface area contributed by atoms with E-state index in [1.807, 2.05) is 0 Å². The number of hydrogen-bond donors (Lipinski definition) is 3. The fourth-order valence-electron chi connectivity index (χ4n) is 2.54. The number of nitrogens with two attached hydrogens (primary N) is 1. The number of pyridine rings is 1. The summed E-state index contributed by atoms with van der Waals surface area (Å²) in [6.45, 7) is 3.01. The molecule has 1 aromatic rings. The molecule has 0 aromatic carbocycles. The average Bonchev–Trinajstić information content (AvgIpc) is 2.49. The minimum Gasteiger partial charge on any atom is -0.352 e. The first kappa shape index (κ1) is 14.7. The summed E-state index contributed by atoms with van der Waals surface area (Å²) >= 11 is 0. The van der Waals surface area contributed by atoms with Gasteiger partial charge in [0.1, 0.15) is 0 Å². The van der Waals surface area contributed by atoms with Gasteiger partial charge in [-0.15, -0.1) is 0 Å². The Morgan fingerprint density at radius 2 is 2.25 bits per heavy atom. The number of hydrogen-bond acceptors (Lipinski definition) is 5. The van der Waals surface area contributed by atoms with Crippen molar-refractivity contribution in [3.05, 3.63) is 24.0 Å². The van der Waals surface area contributed by atoms with Crippen molar-refractivity contribution in [3.8, 4) is 0 Å². The first-order chi connectivity index (χ1) is 9.70. The van der Waals surface area contributed by atoms with Gasteiger partial charge in [0.15, 0.2) is 0 Å². The molecule has 4 N–H and O–H groups in total. The van der Waals surface area contributed by atoms with Crippen molar-refractivity contribution in [1.82, 2.24) is 15.2 Å². The lowest BCUT2D eigenvalue weighted by Crippen LogP contribution is -2.33. The Morgan fingerprint density at radius 3 is 2.95 bits per heavy atom. The van der Waals surface area contributed by atoms with Crippen molar-refractivity contribution in [2.75, 3.05) is 32.1 Å². The van der Waals surface area contributed by atoms with E-state index in [-0.39, 0.29) is 5.91 Å². The molecule has 0 spiro atoms. The molecular formula is C14H23N5O. The van der Waals surface area contributed by atoms with E-state index < -0.39 is 0 Å². The van der Waals surface area contributed by atoms with E-state index in [1.54, 1.807) is 12.3 Å². The van der Waals surface area contributed by atoms with E-state index >= 15 is 0 Å². The largest absolute Gasteiger partial charge is 0.352 e. The average molecular weight is 277 g/mol. The number of likely N-dealkylation sites (tertiary alicyclic amines) is 1. The number of nitrogens with one attached hydrogen (secondary N) is 2. The fraction of sp³-hybridized carbons (Fsp3) is 0.571. The van der Waals surface area contributed by atoms with Crippen LogP contribution in [0, 0.1) is 5.92 Å². The van der Waals surface area contributed by atoms with Crippen LogP contribution in [0.1, 0.15) is 29.6 Å². The number of piperidine rings is 1. The molecule has 0 atom stereocenters. The van der Waals surface area contributed by atoms with Gasteiger partial charge in [-0.25, -0.2) is 0 Å². The maximum absolute atomic E-state index is 12.1. The summed E-state index contributed by atoms with van der Waals surface area (Å²) in [5.41, 5.74) is 3.59. The van der Waals surface area contributed by atoms with E-state index in [1.165, 1.54) is 19.0 Å². The molecule has 6 heteroatoms. The third-order valence-corrected chi connectivity index (χ3v) is 3.90. The predicted molar refractivity (Wildman–Crippen MR) is 79.2 cm³/mol. The second-order valence-electron chi connectivity index (χ2n) is 5.36. The monoisotopic (exact) mass is 277 g/mol. The topological polar surface area (TPSA) is 83.3 Å². The smallest absolute Gasteiger partial charge is 0.255 e. The van der Waals surface area contributed by atoms with Crippen LogP contribution in [-0.2, 0) is 0 Å². The highest BCUT2D eigenvalue weighted by Gasteiger charge is 2.17. The van der Waals surface area contributed by atoms with Crippen LogP contribution < -0.4 is 16.6 Å². The number of hydrazine groups is 1. The Bertz CT molecular complexity index is 443. The molecule has 110 valence electrons. The number of carbonyl (C=O) groups excluding carboxylic acids is 1. The van der Waals surface area contributed by atoms with Crippen LogP contribution >= 0.6 is 0 Å². The minimum atomic E-state index is -0.126. The lowest BCUT2D eigenvalue weighted by atomic mass is 9.94. The van der Waals surface area contributed by atoms with Crippen molar-refractivity contribution >= 4 is 11.6 Å². The van der Waals surface area contributed by atoms with Crippen LogP contribution in [0.4, 0.5) is 5.69 Å². The summed E-state index contributed by atoms with van der Waals surface area (Å²) in [5, 5.41) is 2.94. The molecule has 2 heterocycles. The Morgan fingerprint density at radius 1 is 1.50 bits per heavy atom. The van der Waals surface area contributed by atoms with Crippen LogP contribution in [0.3, 0.4) is 0 Å². The SMILES string of the molecule is CN1CCC(CCNC(=O)c2cnccc2NN)CC1. The van der Waals surface area contributed by atoms with Gasteiger partial charge in [0.2, 0.25) is 0 Å². The minimum absolute atomic E-state index is 0.126. The molecule has 1 aliphatic rings. The first-order valence-electron chi connectivity index (χ1n) is 7.08. The molecule has 0 unspecified atom stereocenters. The van der Waals surface area contributed by atoms with Crippen molar-refractivity contribution in [1.29, 1.82) is 0 Å². The molecule has 1 fully saturated rings. The number of carbonyl (C=O) groups is 1. The van der Waals surface area contributed by atoms with E-state index in [0.717, 1.165) is 19.5 Å². The number of nitrogen functional groups attached to an aromatic ring is 1.